The SMILES string of the molecule is CS(=O)(=O)Nc1cccc(C(=O)OCl)c1. The van der Waals surface area contributed by atoms with Gasteiger partial charge in [0.2, 0.25) is 10.0 Å². The number of benzene rings is 1. The van der Waals surface area contributed by atoms with Crippen LogP contribution in [0.2, 0.25) is 0 Å². The number of hydrogen-bond acceptors (Lipinski definition) is 4. The third-order valence-electron chi connectivity index (χ3n) is 1.47. The molecule has 0 saturated heterocycles. The van der Waals surface area contributed by atoms with Gasteiger partial charge in [0.15, 0.2) is 0 Å². The van der Waals surface area contributed by atoms with E-state index >= 15 is 0 Å². The van der Waals surface area contributed by atoms with E-state index < -0.39 is 16.0 Å². The van der Waals surface area contributed by atoms with Crippen molar-refractivity contribution in [1.82, 2.24) is 0 Å². The molecule has 15 heavy (non-hydrogen) atoms. The fraction of sp³-hybridized carbons (Fsp3) is 0.125. The Balaban J connectivity index is 2.98. The highest BCUT2D eigenvalue weighted by molar-refractivity contribution is 7.92. The van der Waals surface area contributed by atoms with Gasteiger partial charge in [-0.1, -0.05) is 6.07 Å². The van der Waals surface area contributed by atoms with Gasteiger partial charge in [0.1, 0.15) is 11.9 Å². The maximum Gasteiger partial charge on any atom is 0.356 e. The zero-order valence-electron chi connectivity index (χ0n) is 7.73. The van der Waals surface area contributed by atoms with Crippen molar-refractivity contribution < 1.29 is 17.5 Å². The summed E-state index contributed by atoms with van der Waals surface area (Å²) >= 11 is 4.88. The zero-order valence-corrected chi connectivity index (χ0v) is 9.30. The maximum atomic E-state index is 11.0. The van der Waals surface area contributed by atoms with E-state index in [4.69, 9.17) is 11.9 Å². The van der Waals surface area contributed by atoms with Crippen molar-refractivity contribution in [2.24, 2.45) is 0 Å². The monoisotopic (exact) mass is 249 g/mol. The molecule has 0 aliphatic heterocycles. The molecule has 0 aliphatic rings. The quantitative estimate of drug-likeness (QED) is 0.878. The average Bonchev–Trinajstić information content (AvgIpc) is 2.14. The molecular formula is C8H8ClNO4S. The van der Waals surface area contributed by atoms with E-state index in [1.165, 1.54) is 24.3 Å². The van der Waals surface area contributed by atoms with Gasteiger partial charge in [0.25, 0.3) is 0 Å². The second-order valence-corrected chi connectivity index (χ2v) is 4.72. The van der Waals surface area contributed by atoms with Gasteiger partial charge in [-0.15, -0.1) is 0 Å². The number of halogens is 1. The molecule has 1 rings (SSSR count). The Labute approximate surface area is 92.2 Å². The van der Waals surface area contributed by atoms with E-state index in [1.54, 1.807) is 0 Å². The van der Waals surface area contributed by atoms with Crippen LogP contribution in [-0.2, 0) is 14.3 Å². The smallest absolute Gasteiger partial charge is 0.343 e. The molecule has 0 atom stereocenters. The molecule has 0 heterocycles. The summed E-state index contributed by atoms with van der Waals surface area (Å²) in [7, 11) is -3.36. The molecule has 0 bridgehead atoms. The average molecular weight is 250 g/mol. The molecule has 5 nitrogen and oxygen atoms in total. The molecule has 0 spiro atoms. The molecule has 82 valence electrons. The number of rotatable bonds is 3. The molecule has 0 radical (unpaired) electrons. The van der Waals surface area contributed by atoms with Gasteiger partial charge in [-0.2, -0.15) is 0 Å². The van der Waals surface area contributed by atoms with E-state index in [9.17, 15) is 13.2 Å². The summed E-state index contributed by atoms with van der Waals surface area (Å²) in [5.74, 6) is -0.742. The van der Waals surface area contributed by atoms with Gasteiger partial charge in [0.05, 0.1) is 11.8 Å². The number of hydrogen-bond donors (Lipinski definition) is 1. The minimum Gasteiger partial charge on any atom is -0.343 e. The lowest BCUT2D eigenvalue weighted by atomic mass is 10.2. The molecular weight excluding hydrogens is 242 g/mol. The largest absolute Gasteiger partial charge is 0.356 e. The van der Waals surface area contributed by atoms with Crippen molar-refractivity contribution in [3.05, 3.63) is 29.8 Å². The zero-order chi connectivity index (χ0) is 11.5. The van der Waals surface area contributed by atoms with E-state index in [0.29, 0.717) is 0 Å². The summed E-state index contributed by atoms with van der Waals surface area (Å²) < 4.78 is 28.0. The van der Waals surface area contributed by atoms with Crippen molar-refractivity contribution in [3.63, 3.8) is 0 Å². The molecule has 0 saturated carbocycles. The van der Waals surface area contributed by atoms with E-state index in [-0.39, 0.29) is 11.3 Å². The molecule has 7 heteroatoms. The lowest BCUT2D eigenvalue weighted by molar-refractivity contribution is 0.0751. The molecule has 0 aliphatic carbocycles. The summed E-state index contributed by atoms with van der Waals surface area (Å²) in [6.45, 7) is 0. The Morgan fingerprint density at radius 3 is 2.67 bits per heavy atom. The molecule has 0 amide bonds. The van der Waals surface area contributed by atoms with Crippen LogP contribution >= 0.6 is 11.9 Å². The van der Waals surface area contributed by atoms with Crippen LogP contribution in [0, 0.1) is 0 Å². The van der Waals surface area contributed by atoms with E-state index in [2.05, 4.69) is 9.01 Å². The van der Waals surface area contributed by atoms with Crippen molar-refractivity contribution in [3.8, 4) is 0 Å². The first kappa shape index (κ1) is 11.8. The van der Waals surface area contributed by atoms with E-state index in [0.717, 1.165) is 6.26 Å². The molecule has 0 fully saturated rings. The van der Waals surface area contributed by atoms with Gasteiger partial charge in [0, 0.05) is 5.69 Å². The van der Waals surface area contributed by atoms with Gasteiger partial charge in [-0.3, -0.25) is 4.72 Å². The summed E-state index contributed by atoms with van der Waals surface area (Å²) in [5, 5.41) is 0. The Hall–Kier alpha value is -1.27. The van der Waals surface area contributed by atoms with Gasteiger partial charge >= 0.3 is 5.97 Å². The van der Waals surface area contributed by atoms with Crippen LogP contribution < -0.4 is 4.72 Å². The topological polar surface area (TPSA) is 72.5 Å². The van der Waals surface area contributed by atoms with Crippen molar-refractivity contribution in [2.45, 2.75) is 0 Å². The van der Waals surface area contributed by atoms with Crippen LogP contribution in [-0.4, -0.2) is 20.6 Å². The van der Waals surface area contributed by atoms with Crippen molar-refractivity contribution in [2.75, 3.05) is 11.0 Å². The second-order valence-electron chi connectivity index (χ2n) is 2.82. The highest BCUT2D eigenvalue weighted by Gasteiger charge is 2.08. The van der Waals surface area contributed by atoms with Crippen LogP contribution in [0.15, 0.2) is 24.3 Å². The minimum atomic E-state index is -3.36. The highest BCUT2D eigenvalue weighted by atomic mass is 35.5. The minimum absolute atomic E-state index is 0.165. The van der Waals surface area contributed by atoms with E-state index in [1.807, 2.05) is 0 Å². The molecule has 1 N–H and O–H groups in total. The first-order chi connectivity index (χ1) is 6.92. The molecule has 1 aromatic carbocycles. The predicted molar refractivity (Wildman–Crippen MR) is 56.2 cm³/mol. The number of anilines is 1. The number of nitrogens with one attached hydrogen (secondary N) is 1. The third kappa shape index (κ3) is 3.77. The maximum absolute atomic E-state index is 11.0. The Morgan fingerprint density at radius 2 is 2.13 bits per heavy atom. The fourth-order valence-electron chi connectivity index (χ4n) is 0.968. The van der Waals surface area contributed by atoms with Gasteiger partial charge < -0.3 is 4.29 Å². The van der Waals surface area contributed by atoms with Crippen molar-refractivity contribution >= 4 is 33.5 Å². The second kappa shape index (κ2) is 4.50. The predicted octanol–water partition coefficient (Wildman–Crippen LogP) is 1.37. The van der Waals surface area contributed by atoms with Gasteiger partial charge in [-0.05, 0) is 18.2 Å². The highest BCUT2D eigenvalue weighted by Crippen LogP contribution is 2.13. The van der Waals surface area contributed by atoms with Crippen LogP contribution in [0.1, 0.15) is 10.4 Å². The Kier molecular flexibility index (Phi) is 3.54. The third-order valence-corrected chi connectivity index (χ3v) is 2.22. The lowest BCUT2D eigenvalue weighted by Crippen LogP contribution is -2.10. The summed E-state index contributed by atoms with van der Waals surface area (Å²) in [6.07, 6.45) is 1.01. The molecule has 0 unspecified atom stereocenters. The summed E-state index contributed by atoms with van der Waals surface area (Å²) in [4.78, 5) is 11.0. The summed E-state index contributed by atoms with van der Waals surface area (Å²) in [6, 6.07) is 5.80. The fourth-order valence-corrected chi connectivity index (χ4v) is 1.61. The van der Waals surface area contributed by atoms with Crippen LogP contribution in [0.5, 0.6) is 0 Å². The van der Waals surface area contributed by atoms with Crippen LogP contribution in [0.3, 0.4) is 0 Å². The standard InChI is InChI=1S/C8H8ClNO4S/c1-15(12,13)10-7-4-2-3-6(5-7)8(11)14-9/h2-5,10H,1H3. The van der Waals surface area contributed by atoms with Crippen molar-refractivity contribution in [1.29, 1.82) is 0 Å². The first-order valence-corrected chi connectivity index (χ1v) is 6.03. The molecule has 1 aromatic rings. The molecule has 0 aromatic heterocycles. The normalized spacial score (nSPS) is 10.8. The Bertz CT molecular complexity index is 471. The number of carbonyl (C=O) groups excluding carboxylic acids is 1. The number of carbonyl (C=O) groups is 1. The summed E-state index contributed by atoms with van der Waals surface area (Å²) in [5.41, 5.74) is 0.440. The lowest BCUT2D eigenvalue weighted by Gasteiger charge is -2.04. The van der Waals surface area contributed by atoms with Gasteiger partial charge in [-0.25, -0.2) is 13.2 Å². The Morgan fingerprint density at radius 1 is 1.47 bits per heavy atom. The van der Waals surface area contributed by atoms with Crippen LogP contribution in [0.25, 0.3) is 0 Å². The van der Waals surface area contributed by atoms with Crippen LogP contribution in [0.4, 0.5) is 5.69 Å². The first-order valence-electron chi connectivity index (χ1n) is 3.83. The number of sulfonamides is 1.